The number of nitrogens with zero attached hydrogens (tertiary/aromatic N) is 2. The molecule has 0 bridgehead atoms. The van der Waals surface area contributed by atoms with Crippen molar-refractivity contribution < 1.29 is 24.2 Å². The Balaban J connectivity index is 1.13. The number of amides is 2. The summed E-state index contributed by atoms with van der Waals surface area (Å²) in [6.45, 7) is 2.31. The molecule has 1 aliphatic heterocycles. The van der Waals surface area contributed by atoms with Crippen LogP contribution in [0.15, 0.2) is 77.1 Å². The van der Waals surface area contributed by atoms with Gasteiger partial charge in [0.05, 0.1) is 30.2 Å². The van der Waals surface area contributed by atoms with Gasteiger partial charge in [-0.05, 0) is 42.2 Å². The molecule has 2 heterocycles. The van der Waals surface area contributed by atoms with Crippen LogP contribution in [0.4, 0.5) is 11.4 Å². The van der Waals surface area contributed by atoms with Gasteiger partial charge < -0.3 is 30.9 Å². The topological polar surface area (TPSA) is 149 Å². The number of carbonyl (C=O) groups excluding carboxylic acids is 2. The van der Waals surface area contributed by atoms with E-state index in [0.29, 0.717) is 36.5 Å². The molecule has 0 spiro atoms. The fraction of sp³-hybridized carbons (Fsp3) is 0.333. The summed E-state index contributed by atoms with van der Waals surface area (Å²) in [6.07, 6.45) is 0.772. The molecule has 2 amide bonds. The van der Waals surface area contributed by atoms with Crippen molar-refractivity contribution in [1.29, 1.82) is 0 Å². The molecule has 4 aromatic rings. The first-order valence-corrected chi connectivity index (χ1v) is 16.6. The van der Waals surface area contributed by atoms with Gasteiger partial charge in [0.2, 0.25) is 11.8 Å². The maximum atomic E-state index is 12.4. The van der Waals surface area contributed by atoms with Gasteiger partial charge in [0.15, 0.2) is 10.6 Å². The lowest BCUT2D eigenvalue weighted by Gasteiger charge is -2.36. The van der Waals surface area contributed by atoms with Gasteiger partial charge in [-0.1, -0.05) is 83.8 Å². The highest BCUT2D eigenvalue weighted by molar-refractivity contribution is 8.01. The van der Waals surface area contributed by atoms with Crippen LogP contribution in [0.25, 0.3) is 0 Å². The lowest BCUT2D eigenvalue weighted by Crippen LogP contribution is -2.31. The van der Waals surface area contributed by atoms with Crippen molar-refractivity contribution in [2.24, 2.45) is 0 Å². The molecule has 10 nitrogen and oxygen atoms in total. The van der Waals surface area contributed by atoms with Crippen LogP contribution in [0, 0.1) is 6.92 Å². The van der Waals surface area contributed by atoms with E-state index >= 15 is 0 Å². The van der Waals surface area contributed by atoms with Crippen LogP contribution in [0.1, 0.15) is 65.3 Å². The second-order valence-corrected chi connectivity index (χ2v) is 13.2. The van der Waals surface area contributed by atoms with Crippen molar-refractivity contribution in [2.75, 3.05) is 16.8 Å². The third kappa shape index (κ3) is 9.59. The minimum atomic E-state index is -0.566. The molecule has 1 fully saturated rings. The normalized spacial score (nSPS) is 18.0. The van der Waals surface area contributed by atoms with Crippen LogP contribution in [0.3, 0.4) is 0 Å². The van der Waals surface area contributed by atoms with E-state index in [0.717, 1.165) is 31.6 Å². The third-order valence-corrected chi connectivity index (χ3v) is 9.40. The molecule has 3 atom stereocenters. The number of ether oxygens (including phenoxy) is 2. The van der Waals surface area contributed by atoms with E-state index in [1.54, 1.807) is 47.4 Å². The first kappa shape index (κ1) is 32.6. The van der Waals surface area contributed by atoms with Gasteiger partial charge in [-0.3, -0.25) is 9.59 Å². The van der Waals surface area contributed by atoms with Crippen molar-refractivity contribution in [3.05, 3.63) is 100 Å². The van der Waals surface area contributed by atoms with Gasteiger partial charge in [-0.15, -0.1) is 10.2 Å². The van der Waals surface area contributed by atoms with Crippen LogP contribution in [0.2, 0.25) is 0 Å². The van der Waals surface area contributed by atoms with Crippen molar-refractivity contribution in [3.63, 3.8) is 0 Å². The van der Waals surface area contributed by atoms with Crippen LogP contribution in [0.5, 0.6) is 0 Å². The number of hydrogen-bond acceptors (Lipinski definition) is 10. The van der Waals surface area contributed by atoms with E-state index in [1.807, 2.05) is 55.5 Å². The zero-order valence-corrected chi connectivity index (χ0v) is 26.6. The molecule has 1 aromatic heterocycles. The Hall–Kier alpha value is -3.81. The number of hydrogen-bond donors (Lipinski definition) is 4. The maximum absolute atomic E-state index is 12.4. The predicted molar refractivity (Wildman–Crippen MR) is 175 cm³/mol. The van der Waals surface area contributed by atoms with Crippen LogP contribution in [-0.4, -0.2) is 39.0 Å². The Kier molecular flexibility index (Phi) is 11.6. The number of rotatable bonds is 13. The predicted octanol–water partition coefficient (Wildman–Crippen LogP) is 5.68. The quantitative estimate of drug-likeness (QED) is 0.106. The molecule has 0 radical (unpaired) electrons. The number of para-hydroxylation sites is 2. The highest BCUT2D eigenvalue weighted by Crippen LogP contribution is 2.39. The Labute approximate surface area is 270 Å². The standard InChI is InChI=1S/C33H37N5O5S2/c1-21-37-38-33(45-21)44-20-26-17-29(24-13-11-23(19-39)12-14-24)43-32(42-26)25-15-9-22(10-16-25)18-35-30(40)7-4-8-31(41)36-28-6-3-2-5-27(28)34/h2-3,5-6,9-16,26,29,32,39H,4,7-8,17-20,34H2,1H3,(H,35,40)(H,36,41)/t26-,29+,32+/m0/s1. The van der Waals surface area contributed by atoms with E-state index in [1.165, 1.54) is 0 Å². The second-order valence-electron chi connectivity index (χ2n) is 10.8. The average Bonchev–Trinajstić information content (AvgIpc) is 3.49. The number of aryl methyl sites for hydroxylation is 1. The molecule has 0 saturated carbocycles. The Morgan fingerprint density at radius 2 is 1.67 bits per heavy atom. The molecule has 236 valence electrons. The van der Waals surface area contributed by atoms with Gasteiger partial charge in [-0.25, -0.2) is 0 Å². The molecule has 12 heteroatoms. The molecule has 0 unspecified atom stereocenters. The van der Waals surface area contributed by atoms with Gasteiger partial charge >= 0.3 is 0 Å². The van der Waals surface area contributed by atoms with Crippen LogP contribution in [-0.2, 0) is 32.2 Å². The summed E-state index contributed by atoms with van der Waals surface area (Å²) in [5, 5.41) is 24.4. The Morgan fingerprint density at radius 1 is 0.956 bits per heavy atom. The summed E-state index contributed by atoms with van der Waals surface area (Å²) in [4.78, 5) is 24.6. The molecular formula is C33H37N5O5S2. The summed E-state index contributed by atoms with van der Waals surface area (Å²) < 4.78 is 13.8. The number of anilines is 2. The summed E-state index contributed by atoms with van der Waals surface area (Å²) >= 11 is 3.20. The Morgan fingerprint density at radius 3 is 2.38 bits per heavy atom. The van der Waals surface area contributed by atoms with Crippen molar-refractivity contribution in [3.8, 4) is 0 Å². The number of aliphatic hydroxyl groups excluding tert-OH is 1. The first-order valence-electron chi connectivity index (χ1n) is 14.8. The number of carbonyl (C=O) groups is 2. The highest BCUT2D eigenvalue weighted by Gasteiger charge is 2.32. The number of benzene rings is 3. The largest absolute Gasteiger partial charge is 0.397 e. The number of thioether (sulfide) groups is 1. The van der Waals surface area contributed by atoms with E-state index in [9.17, 15) is 14.7 Å². The smallest absolute Gasteiger partial charge is 0.224 e. The van der Waals surface area contributed by atoms with Gasteiger partial charge in [0, 0.05) is 37.1 Å². The lowest BCUT2D eigenvalue weighted by atomic mass is 10.0. The molecule has 0 aliphatic carbocycles. The zero-order chi connectivity index (χ0) is 31.6. The number of nitrogen functional groups attached to an aromatic ring is 1. The fourth-order valence-corrected chi connectivity index (χ4v) is 6.70. The van der Waals surface area contributed by atoms with Crippen molar-refractivity contribution in [2.45, 2.75) is 68.6 Å². The SMILES string of the molecule is Cc1nnc(SC[C@@H]2C[C@H](c3ccc(CO)cc3)O[C@H](c3ccc(CNC(=O)CCCC(=O)Nc4ccccc4N)cc3)O2)s1. The molecular weight excluding hydrogens is 611 g/mol. The minimum Gasteiger partial charge on any atom is -0.397 e. The molecule has 1 aliphatic rings. The van der Waals surface area contributed by atoms with Crippen molar-refractivity contribution in [1.82, 2.24) is 15.5 Å². The highest BCUT2D eigenvalue weighted by atomic mass is 32.2. The summed E-state index contributed by atoms with van der Waals surface area (Å²) in [6, 6.07) is 22.7. The molecule has 5 N–H and O–H groups in total. The number of nitrogens with one attached hydrogen (secondary N) is 2. The number of aromatic nitrogens is 2. The van der Waals surface area contributed by atoms with E-state index in [2.05, 4.69) is 20.8 Å². The van der Waals surface area contributed by atoms with Gasteiger partial charge in [0.1, 0.15) is 5.01 Å². The van der Waals surface area contributed by atoms with E-state index in [4.69, 9.17) is 15.2 Å². The maximum Gasteiger partial charge on any atom is 0.224 e. The molecule has 3 aromatic carbocycles. The number of nitrogens with two attached hydrogens (primary N) is 1. The summed E-state index contributed by atoms with van der Waals surface area (Å²) in [5.41, 5.74) is 10.6. The summed E-state index contributed by atoms with van der Waals surface area (Å²) in [7, 11) is 0. The molecule has 5 rings (SSSR count). The van der Waals surface area contributed by atoms with Gasteiger partial charge in [-0.2, -0.15) is 0 Å². The van der Waals surface area contributed by atoms with Crippen molar-refractivity contribution >= 4 is 46.3 Å². The minimum absolute atomic E-state index is 0.00723. The summed E-state index contributed by atoms with van der Waals surface area (Å²) in [5.74, 6) is 0.418. The average molecular weight is 648 g/mol. The lowest BCUT2D eigenvalue weighted by molar-refractivity contribution is -0.245. The third-order valence-electron chi connectivity index (χ3n) is 7.30. The number of aliphatic hydroxyl groups is 1. The van der Waals surface area contributed by atoms with E-state index in [-0.39, 0.29) is 43.5 Å². The monoisotopic (exact) mass is 647 g/mol. The van der Waals surface area contributed by atoms with Crippen LogP contribution >= 0.6 is 23.1 Å². The zero-order valence-electron chi connectivity index (χ0n) is 25.0. The second kappa shape index (κ2) is 16.0. The van der Waals surface area contributed by atoms with E-state index < -0.39 is 6.29 Å². The molecule has 1 saturated heterocycles. The fourth-order valence-electron chi connectivity index (χ4n) is 4.84. The first-order chi connectivity index (χ1) is 21.9. The Bertz CT molecular complexity index is 1560. The van der Waals surface area contributed by atoms with Crippen LogP contribution < -0.4 is 16.4 Å². The molecule has 45 heavy (non-hydrogen) atoms. The van der Waals surface area contributed by atoms with Gasteiger partial charge in [0.25, 0.3) is 0 Å².